The number of carboxylic acids is 1. The minimum Gasteiger partial charge on any atom is -0.496 e. The van der Waals surface area contributed by atoms with Gasteiger partial charge in [-0.15, -0.1) is 0 Å². The van der Waals surface area contributed by atoms with Crippen LogP contribution in [0.25, 0.3) is 0 Å². The van der Waals surface area contributed by atoms with E-state index >= 15 is 0 Å². The molecule has 110 valence electrons. The van der Waals surface area contributed by atoms with Gasteiger partial charge in [-0.1, -0.05) is 0 Å². The summed E-state index contributed by atoms with van der Waals surface area (Å²) in [6, 6.07) is 3.90. The molecule has 0 aliphatic heterocycles. The zero-order valence-electron chi connectivity index (χ0n) is 12.3. The van der Waals surface area contributed by atoms with E-state index < -0.39 is 11.6 Å². The summed E-state index contributed by atoms with van der Waals surface area (Å²) in [6.45, 7) is 3.92. The Bertz CT molecular complexity index is 490. The van der Waals surface area contributed by atoms with Gasteiger partial charge in [0.2, 0.25) is 0 Å². The molecule has 0 spiro atoms. The van der Waals surface area contributed by atoms with Gasteiger partial charge in [-0.05, 0) is 68.4 Å². The largest absolute Gasteiger partial charge is 0.496 e. The van der Waals surface area contributed by atoms with Gasteiger partial charge in [-0.3, -0.25) is 4.79 Å². The van der Waals surface area contributed by atoms with Crippen LogP contribution in [0.15, 0.2) is 12.1 Å². The Morgan fingerprint density at radius 2 is 1.75 bits per heavy atom. The van der Waals surface area contributed by atoms with E-state index in [0.29, 0.717) is 25.7 Å². The Balaban J connectivity index is 2.26. The van der Waals surface area contributed by atoms with Crippen LogP contribution in [0.2, 0.25) is 0 Å². The highest BCUT2D eigenvalue weighted by Crippen LogP contribution is 2.41. The number of carbonyl (C=O) groups is 1. The Kier molecular flexibility index (Phi) is 4.04. The van der Waals surface area contributed by atoms with Crippen LogP contribution in [0.1, 0.15) is 42.4 Å². The molecule has 0 saturated heterocycles. The van der Waals surface area contributed by atoms with E-state index in [1.165, 1.54) is 0 Å². The van der Waals surface area contributed by atoms with Crippen LogP contribution >= 0.6 is 0 Å². The molecular formula is C16H22O4. The third kappa shape index (κ3) is 2.66. The molecule has 0 aromatic heterocycles. The fourth-order valence-electron chi connectivity index (χ4n) is 3.17. The second-order valence-corrected chi connectivity index (χ2v) is 5.79. The van der Waals surface area contributed by atoms with Gasteiger partial charge in [-0.25, -0.2) is 0 Å². The fourth-order valence-corrected chi connectivity index (χ4v) is 3.17. The standard InChI is InChI=1S/C16H22O4/c1-10-8-13(9-11(2)14(10)20-3)16(19)6-4-12(5-7-16)15(17)18/h8-9,12,19H,4-7H2,1-3H3,(H,17,18). The van der Waals surface area contributed by atoms with E-state index in [1.54, 1.807) is 7.11 Å². The summed E-state index contributed by atoms with van der Waals surface area (Å²) < 4.78 is 5.34. The second-order valence-electron chi connectivity index (χ2n) is 5.79. The Morgan fingerprint density at radius 3 is 2.15 bits per heavy atom. The second kappa shape index (κ2) is 5.44. The summed E-state index contributed by atoms with van der Waals surface area (Å²) in [5.74, 6) is -0.235. The SMILES string of the molecule is COc1c(C)cc(C2(O)CCC(C(=O)O)CC2)cc1C. The molecular weight excluding hydrogens is 256 g/mol. The van der Waals surface area contributed by atoms with Crippen molar-refractivity contribution in [3.63, 3.8) is 0 Å². The van der Waals surface area contributed by atoms with Crippen LogP contribution < -0.4 is 4.74 Å². The maximum atomic E-state index is 11.0. The van der Waals surface area contributed by atoms with Crippen LogP contribution in [0, 0.1) is 19.8 Å². The van der Waals surface area contributed by atoms with E-state index in [4.69, 9.17) is 9.84 Å². The highest BCUT2D eigenvalue weighted by Gasteiger charge is 2.37. The summed E-state index contributed by atoms with van der Waals surface area (Å²) in [5.41, 5.74) is 1.96. The predicted octanol–water partition coefficient (Wildman–Crippen LogP) is 2.77. The van der Waals surface area contributed by atoms with Crippen molar-refractivity contribution in [3.8, 4) is 5.75 Å². The lowest BCUT2D eigenvalue weighted by atomic mass is 9.74. The van der Waals surface area contributed by atoms with Gasteiger partial charge in [0.1, 0.15) is 5.75 Å². The number of ether oxygens (including phenoxy) is 1. The van der Waals surface area contributed by atoms with Crippen molar-refractivity contribution in [2.45, 2.75) is 45.1 Å². The fraction of sp³-hybridized carbons (Fsp3) is 0.562. The first kappa shape index (κ1) is 14.9. The van der Waals surface area contributed by atoms with Crippen molar-refractivity contribution in [1.29, 1.82) is 0 Å². The molecule has 0 amide bonds. The zero-order valence-corrected chi connectivity index (χ0v) is 12.3. The van der Waals surface area contributed by atoms with Crippen molar-refractivity contribution in [3.05, 3.63) is 28.8 Å². The van der Waals surface area contributed by atoms with E-state index in [0.717, 1.165) is 22.4 Å². The summed E-state index contributed by atoms with van der Waals surface area (Å²) in [6.07, 6.45) is 2.04. The minimum atomic E-state index is -0.909. The molecule has 1 aliphatic carbocycles. The first-order valence-corrected chi connectivity index (χ1v) is 6.98. The molecule has 0 unspecified atom stereocenters. The molecule has 1 aromatic carbocycles. The van der Waals surface area contributed by atoms with Gasteiger partial charge >= 0.3 is 5.97 Å². The molecule has 20 heavy (non-hydrogen) atoms. The summed E-state index contributed by atoms with van der Waals surface area (Å²) in [7, 11) is 1.64. The average Bonchev–Trinajstić information content (AvgIpc) is 2.38. The van der Waals surface area contributed by atoms with E-state index in [2.05, 4.69) is 0 Å². The van der Waals surface area contributed by atoms with Gasteiger partial charge in [0, 0.05) is 0 Å². The molecule has 0 atom stereocenters. The van der Waals surface area contributed by atoms with Crippen molar-refractivity contribution in [2.75, 3.05) is 7.11 Å². The first-order chi connectivity index (χ1) is 9.37. The number of rotatable bonds is 3. The number of aryl methyl sites for hydroxylation is 2. The van der Waals surface area contributed by atoms with Crippen LogP contribution in [0.4, 0.5) is 0 Å². The number of aliphatic hydroxyl groups is 1. The lowest BCUT2D eigenvalue weighted by Crippen LogP contribution is -2.34. The molecule has 1 aromatic rings. The number of hydrogen-bond donors (Lipinski definition) is 2. The smallest absolute Gasteiger partial charge is 0.306 e. The zero-order chi connectivity index (χ0) is 14.9. The van der Waals surface area contributed by atoms with Crippen molar-refractivity contribution in [2.24, 2.45) is 5.92 Å². The molecule has 1 aliphatic rings. The van der Waals surface area contributed by atoms with Crippen molar-refractivity contribution >= 4 is 5.97 Å². The Morgan fingerprint density at radius 1 is 1.25 bits per heavy atom. The first-order valence-electron chi connectivity index (χ1n) is 6.98. The molecule has 0 bridgehead atoms. The van der Waals surface area contributed by atoms with Crippen LogP contribution in [-0.2, 0) is 10.4 Å². The molecule has 4 heteroatoms. The summed E-state index contributed by atoms with van der Waals surface area (Å²) in [5, 5.41) is 19.9. The van der Waals surface area contributed by atoms with Crippen LogP contribution in [0.3, 0.4) is 0 Å². The third-order valence-electron chi connectivity index (χ3n) is 4.36. The molecule has 1 fully saturated rings. The maximum absolute atomic E-state index is 11.0. The normalized spacial score (nSPS) is 26.3. The maximum Gasteiger partial charge on any atom is 0.306 e. The number of hydrogen-bond acceptors (Lipinski definition) is 3. The van der Waals surface area contributed by atoms with Gasteiger partial charge in [0.15, 0.2) is 0 Å². The lowest BCUT2D eigenvalue weighted by Gasteiger charge is -2.35. The molecule has 2 N–H and O–H groups in total. The Hall–Kier alpha value is -1.55. The van der Waals surface area contributed by atoms with E-state index in [-0.39, 0.29) is 5.92 Å². The van der Waals surface area contributed by atoms with Gasteiger partial charge in [0.25, 0.3) is 0 Å². The number of methoxy groups -OCH3 is 1. The van der Waals surface area contributed by atoms with E-state index in [1.807, 2.05) is 26.0 Å². The monoisotopic (exact) mass is 278 g/mol. The van der Waals surface area contributed by atoms with Gasteiger partial charge in [-0.2, -0.15) is 0 Å². The lowest BCUT2D eigenvalue weighted by molar-refractivity contribution is -0.145. The van der Waals surface area contributed by atoms with Crippen LogP contribution in [-0.4, -0.2) is 23.3 Å². The summed E-state index contributed by atoms with van der Waals surface area (Å²) >= 11 is 0. The number of carboxylic acid groups (broad SMARTS) is 1. The molecule has 4 nitrogen and oxygen atoms in total. The highest BCUT2D eigenvalue weighted by molar-refractivity contribution is 5.70. The minimum absolute atomic E-state index is 0.323. The molecule has 2 rings (SSSR count). The van der Waals surface area contributed by atoms with Crippen LogP contribution in [0.5, 0.6) is 5.75 Å². The third-order valence-corrected chi connectivity index (χ3v) is 4.36. The van der Waals surface area contributed by atoms with Gasteiger partial charge in [0.05, 0.1) is 18.6 Å². The number of aliphatic carboxylic acids is 1. The molecule has 0 radical (unpaired) electrons. The molecule has 0 heterocycles. The van der Waals surface area contributed by atoms with E-state index in [9.17, 15) is 9.90 Å². The van der Waals surface area contributed by atoms with Gasteiger partial charge < -0.3 is 14.9 Å². The highest BCUT2D eigenvalue weighted by atomic mass is 16.5. The average molecular weight is 278 g/mol. The predicted molar refractivity (Wildman–Crippen MR) is 76.0 cm³/mol. The van der Waals surface area contributed by atoms with Crippen molar-refractivity contribution in [1.82, 2.24) is 0 Å². The quantitative estimate of drug-likeness (QED) is 0.892. The number of benzene rings is 1. The topological polar surface area (TPSA) is 66.8 Å². The molecule has 1 saturated carbocycles. The summed E-state index contributed by atoms with van der Waals surface area (Å²) in [4.78, 5) is 11.0. The van der Waals surface area contributed by atoms with Crippen molar-refractivity contribution < 1.29 is 19.7 Å². The Labute approximate surface area is 119 Å².